The molecule has 5 rings (SSSR count). The third-order valence-electron chi connectivity index (χ3n) is 4.52. The van der Waals surface area contributed by atoms with Crippen molar-refractivity contribution in [2.24, 2.45) is 0 Å². The molecule has 0 radical (unpaired) electrons. The summed E-state index contributed by atoms with van der Waals surface area (Å²) in [5.41, 5.74) is 2.98. The maximum atomic E-state index is 2.35. The number of rotatable bonds is 0. The molecule has 0 spiro atoms. The predicted molar refractivity (Wildman–Crippen MR) is 86.2 cm³/mol. The van der Waals surface area contributed by atoms with Gasteiger partial charge < -0.3 is 0 Å². The van der Waals surface area contributed by atoms with E-state index in [4.69, 9.17) is 0 Å². The zero-order valence-electron chi connectivity index (χ0n) is 11.5. The van der Waals surface area contributed by atoms with Crippen LogP contribution in [-0.2, 0) is 29.2 Å². The van der Waals surface area contributed by atoms with Crippen LogP contribution in [0.1, 0.15) is 0 Å². The Morgan fingerprint density at radius 1 is 0.524 bits per heavy atom. The SMILES string of the molecule is c1ccc2[c](c1)[Y][c]1c-2ccc2c1ccc1ccccc12. The molecule has 1 heterocycles. The van der Waals surface area contributed by atoms with Gasteiger partial charge in [0.05, 0.1) is 0 Å². The van der Waals surface area contributed by atoms with Crippen LogP contribution in [0.2, 0.25) is 0 Å². The van der Waals surface area contributed by atoms with Crippen LogP contribution in [0.25, 0.3) is 32.7 Å². The van der Waals surface area contributed by atoms with Gasteiger partial charge in [-0.1, -0.05) is 0 Å². The van der Waals surface area contributed by atoms with Gasteiger partial charge in [-0.05, 0) is 0 Å². The maximum absolute atomic E-state index is 2.35. The van der Waals surface area contributed by atoms with E-state index in [9.17, 15) is 0 Å². The van der Waals surface area contributed by atoms with Crippen molar-refractivity contribution in [1.29, 1.82) is 0 Å². The van der Waals surface area contributed by atoms with Gasteiger partial charge >= 0.3 is 139 Å². The second-order valence-corrected chi connectivity index (χ2v) is 9.30. The summed E-state index contributed by atoms with van der Waals surface area (Å²) in [6, 6.07) is 27.0. The van der Waals surface area contributed by atoms with Crippen LogP contribution >= 0.6 is 0 Å². The predicted octanol–water partition coefficient (Wildman–Crippen LogP) is 4.01. The Labute approximate surface area is 138 Å². The second kappa shape index (κ2) is 4.50. The van der Waals surface area contributed by atoms with E-state index in [1.54, 1.807) is 4.75 Å². The second-order valence-electron chi connectivity index (χ2n) is 5.64. The fraction of sp³-hybridized carbons (Fsp3) is 0. The Bertz CT molecular complexity index is 1010. The molecule has 95 valence electrons. The molecule has 0 saturated heterocycles. The van der Waals surface area contributed by atoms with Gasteiger partial charge in [0.2, 0.25) is 0 Å². The molecule has 0 unspecified atom stereocenters. The van der Waals surface area contributed by atoms with E-state index in [1.807, 2.05) is 0 Å². The first kappa shape index (κ1) is 12.1. The van der Waals surface area contributed by atoms with E-state index in [-0.39, 0.29) is 0 Å². The zero-order chi connectivity index (χ0) is 13.8. The van der Waals surface area contributed by atoms with E-state index in [1.165, 1.54) is 32.7 Å². The van der Waals surface area contributed by atoms with Gasteiger partial charge in [-0.3, -0.25) is 0 Å². The molecule has 1 aliphatic rings. The summed E-state index contributed by atoms with van der Waals surface area (Å²) in [6.07, 6.45) is 0. The molecule has 0 nitrogen and oxygen atoms in total. The average Bonchev–Trinajstić information content (AvgIpc) is 2.93. The Morgan fingerprint density at radius 2 is 1.33 bits per heavy atom. The van der Waals surface area contributed by atoms with E-state index >= 15 is 0 Å². The monoisotopic (exact) mass is 341 g/mol. The first-order chi connectivity index (χ1) is 10.4. The van der Waals surface area contributed by atoms with Crippen LogP contribution in [-0.4, -0.2) is 0 Å². The van der Waals surface area contributed by atoms with Gasteiger partial charge in [0.1, 0.15) is 0 Å². The van der Waals surface area contributed by atoms with Crippen LogP contribution in [0, 0.1) is 0 Å². The summed E-state index contributed by atoms with van der Waals surface area (Å²) in [5.74, 6) is 0. The third-order valence-corrected chi connectivity index (χ3v) is 8.76. The fourth-order valence-corrected chi connectivity index (χ4v) is 7.80. The van der Waals surface area contributed by atoms with Crippen LogP contribution in [0.4, 0.5) is 0 Å². The van der Waals surface area contributed by atoms with Gasteiger partial charge in [0.15, 0.2) is 0 Å². The van der Waals surface area contributed by atoms with Crippen molar-refractivity contribution in [3.63, 3.8) is 0 Å². The van der Waals surface area contributed by atoms with E-state index in [0.29, 0.717) is 0 Å². The molecule has 1 heteroatoms. The summed E-state index contributed by atoms with van der Waals surface area (Å²) >= 11 is -0.865. The molecular formula is C20H12Y. The Balaban J connectivity index is 1.91. The van der Waals surface area contributed by atoms with E-state index in [0.717, 1.165) is 0 Å². The first-order valence-corrected chi connectivity index (χ1v) is 10.1. The first-order valence-electron chi connectivity index (χ1n) is 7.30. The van der Waals surface area contributed by atoms with Gasteiger partial charge in [-0.2, -0.15) is 0 Å². The Hall–Kier alpha value is -1.50. The van der Waals surface area contributed by atoms with Crippen LogP contribution in [0.15, 0.2) is 72.8 Å². The fourth-order valence-electron chi connectivity index (χ4n) is 3.53. The van der Waals surface area contributed by atoms with Crippen LogP contribution in [0.5, 0.6) is 0 Å². The topological polar surface area (TPSA) is 0 Å². The quantitative estimate of drug-likeness (QED) is 0.374. The van der Waals surface area contributed by atoms with Gasteiger partial charge in [0.25, 0.3) is 0 Å². The minimum atomic E-state index is -0.865. The molecule has 0 aromatic heterocycles. The third kappa shape index (κ3) is 1.70. The molecular weight excluding hydrogens is 329 g/mol. The van der Waals surface area contributed by atoms with Crippen molar-refractivity contribution in [3.8, 4) is 11.1 Å². The molecule has 0 amide bonds. The molecule has 4 aromatic rings. The van der Waals surface area contributed by atoms with Crippen molar-refractivity contribution in [3.05, 3.63) is 72.8 Å². The normalized spacial score (nSPS) is 11.8. The summed E-state index contributed by atoms with van der Waals surface area (Å²) < 4.78 is 3.32. The standard InChI is InChI=1S/C20H12.Y/c1-2-6-15(7-3-1)17-12-13-20-18(14-17)11-10-16-8-4-5-9-19(16)20;/h1-6,8-13H;. The van der Waals surface area contributed by atoms with Crippen molar-refractivity contribution in [2.75, 3.05) is 0 Å². The molecule has 4 aromatic carbocycles. The minimum absolute atomic E-state index is 0.865. The van der Waals surface area contributed by atoms with E-state index < -0.39 is 29.2 Å². The summed E-state index contributed by atoms with van der Waals surface area (Å²) in [4.78, 5) is 0. The van der Waals surface area contributed by atoms with Crippen molar-refractivity contribution < 1.29 is 29.2 Å². The van der Waals surface area contributed by atoms with Gasteiger partial charge in [-0.15, -0.1) is 0 Å². The molecule has 21 heavy (non-hydrogen) atoms. The molecule has 0 aliphatic carbocycles. The molecule has 0 N–H and O–H groups in total. The van der Waals surface area contributed by atoms with Crippen LogP contribution < -0.4 is 4.75 Å². The molecule has 1 aliphatic heterocycles. The number of hydrogen-bond donors (Lipinski definition) is 0. The Kier molecular flexibility index (Phi) is 2.59. The zero-order valence-corrected chi connectivity index (χ0v) is 14.3. The van der Waals surface area contributed by atoms with Crippen molar-refractivity contribution >= 4 is 26.3 Å². The summed E-state index contributed by atoms with van der Waals surface area (Å²) in [6.45, 7) is 0. The Morgan fingerprint density at radius 3 is 2.33 bits per heavy atom. The molecule has 0 atom stereocenters. The van der Waals surface area contributed by atoms with Crippen LogP contribution in [0.3, 0.4) is 0 Å². The van der Waals surface area contributed by atoms with E-state index in [2.05, 4.69) is 72.8 Å². The molecule has 0 saturated carbocycles. The van der Waals surface area contributed by atoms with Gasteiger partial charge in [-0.25, -0.2) is 0 Å². The van der Waals surface area contributed by atoms with Gasteiger partial charge in [0, 0.05) is 0 Å². The van der Waals surface area contributed by atoms with Crippen molar-refractivity contribution in [1.82, 2.24) is 0 Å². The summed E-state index contributed by atoms with van der Waals surface area (Å²) in [5, 5.41) is 5.64. The molecule has 0 fully saturated rings. The number of hydrogen-bond acceptors (Lipinski definition) is 0. The molecule has 0 bridgehead atoms. The number of fused-ring (bicyclic) bond motifs is 7. The number of benzene rings is 4. The average molecular weight is 341 g/mol. The van der Waals surface area contributed by atoms with Crippen molar-refractivity contribution in [2.45, 2.75) is 0 Å². The summed E-state index contributed by atoms with van der Waals surface area (Å²) in [7, 11) is 0.